The number of hydrogen-bond acceptors (Lipinski definition) is 5. The van der Waals surface area contributed by atoms with Crippen LogP contribution in [0.3, 0.4) is 0 Å². The van der Waals surface area contributed by atoms with Crippen LogP contribution in [0.4, 0.5) is 0 Å². The summed E-state index contributed by atoms with van der Waals surface area (Å²) in [5.74, 6) is -2.37. The number of fused-ring (bicyclic) bond motifs is 1. The number of imide groups is 1. The second-order valence-corrected chi connectivity index (χ2v) is 6.66. The van der Waals surface area contributed by atoms with Gasteiger partial charge in [-0.25, -0.2) is 4.79 Å². The van der Waals surface area contributed by atoms with Crippen LogP contribution in [0, 0.1) is 0 Å². The number of benzene rings is 2. The Hall–Kier alpha value is -3.48. The third kappa shape index (κ3) is 3.38. The molecule has 2 aromatic rings. The molecule has 144 valence electrons. The fourth-order valence-corrected chi connectivity index (χ4v) is 3.00. The number of amides is 3. The maximum atomic E-state index is 12.7. The van der Waals surface area contributed by atoms with Gasteiger partial charge in [-0.3, -0.25) is 19.3 Å². The zero-order chi connectivity index (χ0) is 20.4. The third-order valence-electron chi connectivity index (χ3n) is 4.56. The van der Waals surface area contributed by atoms with E-state index in [9.17, 15) is 19.2 Å². The van der Waals surface area contributed by atoms with Gasteiger partial charge in [-0.2, -0.15) is 0 Å². The molecule has 0 spiro atoms. The van der Waals surface area contributed by atoms with E-state index in [4.69, 9.17) is 4.74 Å². The molecule has 0 unspecified atom stereocenters. The molecule has 0 saturated heterocycles. The van der Waals surface area contributed by atoms with E-state index < -0.39 is 35.8 Å². The summed E-state index contributed by atoms with van der Waals surface area (Å²) in [7, 11) is 3.11. The highest BCUT2D eigenvalue weighted by atomic mass is 16.6. The predicted molar refractivity (Wildman–Crippen MR) is 100 cm³/mol. The van der Waals surface area contributed by atoms with Gasteiger partial charge in [0.1, 0.15) is 6.04 Å². The Morgan fingerprint density at radius 3 is 1.89 bits per heavy atom. The molecule has 3 amide bonds. The van der Waals surface area contributed by atoms with Gasteiger partial charge < -0.3 is 9.64 Å². The largest absolute Gasteiger partial charge is 0.446 e. The van der Waals surface area contributed by atoms with Crippen molar-refractivity contribution in [2.75, 3.05) is 14.1 Å². The molecule has 28 heavy (non-hydrogen) atoms. The molecular formula is C21H20N2O5. The van der Waals surface area contributed by atoms with Crippen molar-refractivity contribution < 1.29 is 23.9 Å². The van der Waals surface area contributed by atoms with Gasteiger partial charge in [0, 0.05) is 19.7 Å². The average molecular weight is 380 g/mol. The van der Waals surface area contributed by atoms with E-state index in [0.717, 1.165) is 4.90 Å². The maximum Gasteiger partial charge on any atom is 0.330 e. The highest BCUT2D eigenvalue weighted by Crippen LogP contribution is 2.26. The lowest BCUT2D eigenvalue weighted by atomic mass is 10.1. The Kier molecular flexibility index (Phi) is 5.26. The smallest absolute Gasteiger partial charge is 0.330 e. The fourth-order valence-electron chi connectivity index (χ4n) is 3.00. The number of nitrogens with zero attached hydrogens (tertiary/aromatic N) is 2. The summed E-state index contributed by atoms with van der Waals surface area (Å²) < 4.78 is 5.45. The van der Waals surface area contributed by atoms with Crippen molar-refractivity contribution in [3.63, 3.8) is 0 Å². The van der Waals surface area contributed by atoms with E-state index in [0.29, 0.717) is 5.56 Å². The first-order chi connectivity index (χ1) is 13.3. The Balaban J connectivity index is 1.84. The second kappa shape index (κ2) is 7.64. The third-order valence-corrected chi connectivity index (χ3v) is 4.56. The lowest BCUT2D eigenvalue weighted by molar-refractivity contribution is -0.162. The Labute approximate surface area is 162 Å². The zero-order valence-electron chi connectivity index (χ0n) is 15.8. The van der Waals surface area contributed by atoms with Gasteiger partial charge in [-0.1, -0.05) is 42.5 Å². The highest BCUT2D eigenvalue weighted by Gasteiger charge is 2.42. The van der Waals surface area contributed by atoms with Crippen LogP contribution < -0.4 is 0 Å². The monoisotopic (exact) mass is 380 g/mol. The molecule has 7 heteroatoms. The van der Waals surface area contributed by atoms with Crippen LogP contribution >= 0.6 is 0 Å². The van der Waals surface area contributed by atoms with Crippen molar-refractivity contribution in [1.29, 1.82) is 0 Å². The summed E-state index contributed by atoms with van der Waals surface area (Å²) in [6.45, 7) is 1.41. The lowest BCUT2D eigenvalue weighted by Crippen LogP contribution is -2.45. The molecular weight excluding hydrogens is 360 g/mol. The Morgan fingerprint density at radius 1 is 0.893 bits per heavy atom. The normalized spacial score (nSPS) is 15.0. The molecule has 0 aromatic heterocycles. The first kappa shape index (κ1) is 19.3. The van der Waals surface area contributed by atoms with Gasteiger partial charge in [0.15, 0.2) is 0 Å². The quantitative estimate of drug-likeness (QED) is 0.586. The first-order valence-corrected chi connectivity index (χ1v) is 8.76. The van der Waals surface area contributed by atoms with Gasteiger partial charge in [-0.05, 0) is 19.1 Å². The first-order valence-electron chi connectivity index (χ1n) is 8.76. The van der Waals surface area contributed by atoms with E-state index in [1.54, 1.807) is 56.6 Å². The predicted octanol–water partition coefficient (Wildman–Crippen LogP) is 2.04. The van der Waals surface area contributed by atoms with Crippen LogP contribution in [0.1, 0.15) is 39.3 Å². The number of likely N-dealkylation sites (N-methyl/N-ethyl adjacent to an activating group) is 1. The van der Waals surface area contributed by atoms with Crippen molar-refractivity contribution in [3.05, 3.63) is 71.3 Å². The SMILES string of the molecule is C[C@H](C(=O)O[C@H](C(=O)N(C)C)c1ccccc1)N1C(=O)c2ccccc2C1=O. The van der Waals surface area contributed by atoms with Gasteiger partial charge in [0.25, 0.3) is 17.7 Å². The molecule has 1 heterocycles. The number of rotatable bonds is 5. The van der Waals surface area contributed by atoms with Crippen LogP contribution in [0.25, 0.3) is 0 Å². The molecule has 0 aliphatic carbocycles. The number of carbonyl (C=O) groups is 4. The lowest BCUT2D eigenvalue weighted by Gasteiger charge is -2.25. The topological polar surface area (TPSA) is 84.0 Å². The van der Waals surface area contributed by atoms with Crippen molar-refractivity contribution in [1.82, 2.24) is 9.80 Å². The van der Waals surface area contributed by atoms with E-state index in [1.165, 1.54) is 24.0 Å². The summed E-state index contributed by atoms with van der Waals surface area (Å²) >= 11 is 0. The van der Waals surface area contributed by atoms with E-state index in [-0.39, 0.29) is 11.1 Å². The minimum Gasteiger partial charge on any atom is -0.446 e. The van der Waals surface area contributed by atoms with Crippen LogP contribution in [-0.4, -0.2) is 53.6 Å². The number of carbonyl (C=O) groups excluding carboxylic acids is 4. The number of ether oxygens (including phenoxy) is 1. The molecule has 2 aromatic carbocycles. The Bertz CT molecular complexity index is 904. The molecule has 1 aliphatic heterocycles. The summed E-state index contributed by atoms with van der Waals surface area (Å²) in [5.41, 5.74) is 0.997. The molecule has 0 saturated carbocycles. The molecule has 1 aliphatic rings. The summed E-state index contributed by atoms with van der Waals surface area (Å²) in [5, 5.41) is 0. The molecule has 2 atom stereocenters. The van der Waals surface area contributed by atoms with E-state index >= 15 is 0 Å². The van der Waals surface area contributed by atoms with Crippen LogP contribution in [0.2, 0.25) is 0 Å². The van der Waals surface area contributed by atoms with Crippen molar-refractivity contribution in [3.8, 4) is 0 Å². The molecule has 0 N–H and O–H groups in total. The van der Waals surface area contributed by atoms with Crippen LogP contribution in [0.15, 0.2) is 54.6 Å². The minimum atomic E-state index is -1.17. The highest BCUT2D eigenvalue weighted by molar-refractivity contribution is 6.22. The molecule has 0 radical (unpaired) electrons. The van der Waals surface area contributed by atoms with E-state index in [2.05, 4.69) is 0 Å². The van der Waals surface area contributed by atoms with Crippen molar-refractivity contribution in [2.45, 2.75) is 19.1 Å². The van der Waals surface area contributed by atoms with Gasteiger partial charge in [0.05, 0.1) is 11.1 Å². The zero-order valence-corrected chi connectivity index (χ0v) is 15.8. The van der Waals surface area contributed by atoms with Gasteiger partial charge >= 0.3 is 5.97 Å². The molecule has 0 bridgehead atoms. The standard InChI is InChI=1S/C21H20N2O5/c1-13(23-18(24)15-11-7-8-12-16(15)19(23)25)21(27)28-17(20(26)22(2)3)14-9-5-4-6-10-14/h4-13,17H,1-3H3/t13-,17+/m1/s1. The van der Waals surface area contributed by atoms with Crippen molar-refractivity contribution in [2.24, 2.45) is 0 Å². The number of hydrogen-bond donors (Lipinski definition) is 0. The minimum absolute atomic E-state index is 0.246. The number of esters is 1. The van der Waals surface area contributed by atoms with Crippen LogP contribution in [-0.2, 0) is 14.3 Å². The van der Waals surface area contributed by atoms with Crippen molar-refractivity contribution >= 4 is 23.7 Å². The summed E-state index contributed by atoms with van der Waals surface area (Å²) in [6.07, 6.45) is -1.17. The average Bonchev–Trinajstić information content (AvgIpc) is 2.96. The van der Waals surface area contributed by atoms with E-state index in [1.807, 2.05) is 0 Å². The molecule has 7 nitrogen and oxygen atoms in total. The molecule has 0 fully saturated rings. The maximum absolute atomic E-state index is 12.7. The van der Waals surface area contributed by atoms with Gasteiger partial charge in [0.2, 0.25) is 6.10 Å². The van der Waals surface area contributed by atoms with Crippen LogP contribution in [0.5, 0.6) is 0 Å². The Morgan fingerprint density at radius 2 is 1.39 bits per heavy atom. The second-order valence-electron chi connectivity index (χ2n) is 6.66. The summed E-state index contributed by atoms with van der Waals surface area (Å²) in [4.78, 5) is 52.6. The summed E-state index contributed by atoms with van der Waals surface area (Å²) in [6, 6.07) is 13.8. The molecule has 3 rings (SSSR count). The van der Waals surface area contributed by atoms with Gasteiger partial charge in [-0.15, -0.1) is 0 Å². The fraction of sp³-hybridized carbons (Fsp3) is 0.238.